The smallest absolute Gasteiger partial charge is 0.266 e. The Hall–Kier alpha value is -5.11. The fraction of sp³-hybridized carbons (Fsp3) is 0.417. The van der Waals surface area contributed by atoms with Crippen LogP contribution in [0.1, 0.15) is 94.5 Å². The van der Waals surface area contributed by atoms with Gasteiger partial charge in [-0.25, -0.2) is 0 Å². The van der Waals surface area contributed by atoms with Crippen molar-refractivity contribution in [3.8, 4) is 0 Å². The van der Waals surface area contributed by atoms with Crippen molar-refractivity contribution in [2.75, 3.05) is 32.3 Å². The lowest BCUT2D eigenvalue weighted by Gasteiger charge is -2.31. The standard InChI is InChI=1S/2C24H31BN2O2/c2*1-14-9-16(3)20(17(4)10-14)26-13-25-27(23(29)24(7,8)22(26)28)21-18(5)11-15(2)12-19(21)6/h2*9-12,25H,13H2,1-8H3. The zero-order valence-electron chi connectivity index (χ0n) is 37.9. The predicted octanol–water partition coefficient (Wildman–Crippen LogP) is 8.50. The van der Waals surface area contributed by atoms with Crippen LogP contribution in [0, 0.1) is 93.9 Å². The molecule has 4 aromatic rings. The van der Waals surface area contributed by atoms with Crippen molar-refractivity contribution < 1.29 is 19.2 Å². The molecular weight excluding hydrogens is 718 g/mol. The summed E-state index contributed by atoms with van der Waals surface area (Å²) < 4.78 is 0. The molecule has 6 rings (SSSR count). The fourth-order valence-electron chi connectivity index (χ4n) is 9.58. The molecule has 2 saturated heterocycles. The van der Waals surface area contributed by atoms with Crippen molar-refractivity contribution in [2.45, 2.75) is 111 Å². The van der Waals surface area contributed by atoms with Gasteiger partial charge in [0, 0.05) is 35.6 Å². The molecule has 0 atom stereocenters. The summed E-state index contributed by atoms with van der Waals surface area (Å²) in [5.41, 5.74) is 14.7. The third-order valence-corrected chi connectivity index (χ3v) is 11.8. The number of carbonyl (C=O) groups excluding carboxylic acids is 4. The fourth-order valence-corrected chi connectivity index (χ4v) is 9.58. The van der Waals surface area contributed by atoms with E-state index in [1.165, 1.54) is 22.3 Å². The van der Waals surface area contributed by atoms with Crippen LogP contribution in [-0.2, 0) is 19.2 Å². The van der Waals surface area contributed by atoms with E-state index in [1.807, 2.05) is 74.8 Å². The molecule has 0 aromatic heterocycles. The number of benzene rings is 4. The minimum atomic E-state index is -1.13. The first-order valence-electron chi connectivity index (χ1n) is 20.5. The molecule has 2 aliphatic rings. The highest BCUT2D eigenvalue weighted by Gasteiger charge is 2.48. The highest BCUT2D eigenvalue weighted by atomic mass is 16.2. The largest absolute Gasteiger partial charge is 0.358 e. The average molecular weight is 781 g/mol. The Morgan fingerprint density at radius 1 is 0.362 bits per heavy atom. The Labute approximate surface area is 348 Å². The van der Waals surface area contributed by atoms with Crippen LogP contribution in [0.3, 0.4) is 0 Å². The molecule has 0 spiro atoms. The highest BCUT2D eigenvalue weighted by Crippen LogP contribution is 2.38. The Bertz CT molecular complexity index is 1930. The quantitative estimate of drug-likeness (QED) is 0.154. The van der Waals surface area contributed by atoms with Gasteiger partial charge in [-0.05, 0) is 155 Å². The first-order valence-corrected chi connectivity index (χ1v) is 20.5. The second-order valence-electron chi connectivity index (χ2n) is 18.1. The molecule has 4 amide bonds. The maximum atomic E-state index is 13.5. The van der Waals surface area contributed by atoms with Crippen LogP contribution in [0.4, 0.5) is 22.7 Å². The van der Waals surface area contributed by atoms with Gasteiger partial charge in [0.25, 0.3) is 14.8 Å². The van der Waals surface area contributed by atoms with Crippen LogP contribution in [0.15, 0.2) is 48.5 Å². The van der Waals surface area contributed by atoms with E-state index in [0.29, 0.717) is 27.7 Å². The number of nitrogens with zero attached hydrogens (tertiary/aromatic N) is 4. The zero-order valence-corrected chi connectivity index (χ0v) is 37.9. The summed E-state index contributed by atoms with van der Waals surface area (Å²) in [6, 6.07) is 16.8. The lowest BCUT2D eigenvalue weighted by molar-refractivity contribution is -0.138. The number of aryl methyl sites for hydroxylation is 12. The number of hydrogen-bond donors (Lipinski definition) is 0. The van der Waals surface area contributed by atoms with Gasteiger partial charge in [-0.15, -0.1) is 0 Å². The summed E-state index contributed by atoms with van der Waals surface area (Å²) in [6.07, 6.45) is 0.955. The Balaban J connectivity index is 0.000000221. The van der Waals surface area contributed by atoms with Crippen LogP contribution in [0.2, 0.25) is 0 Å². The summed E-state index contributed by atoms with van der Waals surface area (Å²) in [4.78, 5) is 61.5. The minimum Gasteiger partial charge on any atom is -0.358 e. The van der Waals surface area contributed by atoms with Crippen LogP contribution in [0.5, 0.6) is 0 Å². The number of carbonyl (C=O) groups is 4. The number of hydrogen-bond acceptors (Lipinski definition) is 4. The van der Waals surface area contributed by atoms with Gasteiger partial charge in [-0.3, -0.25) is 19.2 Å². The van der Waals surface area contributed by atoms with Crippen LogP contribution >= 0.6 is 0 Å². The highest BCUT2D eigenvalue weighted by molar-refractivity contribution is 6.54. The van der Waals surface area contributed by atoms with Crippen molar-refractivity contribution in [1.82, 2.24) is 0 Å². The Kier molecular flexibility index (Phi) is 12.3. The van der Waals surface area contributed by atoms with Gasteiger partial charge >= 0.3 is 0 Å². The monoisotopic (exact) mass is 780 g/mol. The van der Waals surface area contributed by atoms with Gasteiger partial charge in [0.15, 0.2) is 0 Å². The van der Waals surface area contributed by atoms with E-state index < -0.39 is 10.8 Å². The van der Waals surface area contributed by atoms with Gasteiger partial charge in [-0.2, -0.15) is 0 Å². The van der Waals surface area contributed by atoms with Gasteiger partial charge < -0.3 is 19.4 Å². The van der Waals surface area contributed by atoms with Crippen molar-refractivity contribution in [3.05, 3.63) is 115 Å². The molecule has 0 radical (unpaired) electrons. The molecule has 58 heavy (non-hydrogen) atoms. The van der Waals surface area contributed by atoms with E-state index in [2.05, 4.69) is 76.2 Å². The molecule has 0 saturated carbocycles. The molecule has 0 aliphatic carbocycles. The molecule has 2 fully saturated rings. The van der Waals surface area contributed by atoms with Gasteiger partial charge in [0.1, 0.15) is 10.8 Å². The van der Waals surface area contributed by atoms with E-state index in [4.69, 9.17) is 0 Å². The molecule has 304 valence electrons. The third kappa shape index (κ3) is 8.12. The summed E-state index contributed by atoms with van der Waals surface area (Å²) in [5.74, 6) is -0.546. The zero-order chi connectivity index (χ0) is 43.3. The van der Waals surface area contributed by atoms with Gasteiger partial charge in [0.05, 0.1) is 0 Å². The summed E-state index contributed by atoms with van der Waals surface area (Å²) in [5, 5.41) is 0. The number of amides is 4. The average Bonchev–Trinajstić information content (AvgIpc) is 3.22. The third-order valence-electron chi connectivity index (χ3n) is 11.8. The van der Waals surface area contributed by atoms with E-state index in [1.54, 1.807) is 27.7 Å². The lowest BCUT2D eigenvalue weighted by Crippen LogP contribution is -2.47. The van der Waals surface area contributed by atoms with Crippen molar-refractivity contribution in [1.29, 1.82) is 0 Å². The van der Waals surface area contributed by atoms with Crippen molar-refractivity contribution in [2.24, 2.45) is 10.8 Å². The first kappa shape index (κ1) is 44.0. The van der Waals surface area contributed by atoms with Crippen LogP contribution in [-0.4, -0.2) is 51.3 Å². The Morgan fingerprint density at radius 2 is 0.569 bits per heavy atom. The normalized spacial score (nSPS) is 16.7. The topological polar surface area (TPSA) is 81.2 Å². The molecule has 10 heteroatoms. The van der Waals surface area contributed by atoms with E-state index in [-0.39, 0.29) is 23.6 Å². The molecular formula is C48H62B2N4O4. The minimum absolute atomic E-state index is 0.137. The molecule has 0 N–H and O–H groups in total. The summed E-state index contributed by atoms with van der Waals surface area (Å²) in [6.45, 7) is 31.5. The van der Waals surface area contributed by atoms with Crippen molar-refractivity contribution in [3.63, 3.8) is 0 Å². The summed E-state index contributed by atoms with van der Waals surface area (Å²) >= 11 is 0. The molecule has 2 aliphatic heterocycles. The Morgan fingerprint density at radius 3 is 0.793 bits per heavy atom. The number of rotatable bonds is 4. The van der Waals surface area contributed by atoms with E-state index in [0.717, 1.165) is 67.3 Å². The molecule has 2 heterocycles. The molecule has 0 unspecified atom stereocenters. The lowest BCUT2D eigenvalue weighted by atomic mass is 9.84. The maximum Gasteiger partial charge on any atom is 0.266 e. The van der Waals surface area contributed by atoms with Crippen LogP contribution < -0.4 is 19.4 Å². The maximum absolute atomic E-state index is 13.5. The predicted molar refractivity (Wildman–Crippen MR) is 244 cm³/mol. The van der Waals surface area contributed by atoms with Crippen molar-refractivity contribution >= 4 is 61.2 Å². The number of anilines is 4. The second-order valence-corrected chi connectivity index (χ2v) is 18.1. The first-order chi connectivity index (χ1) is 26.9. The molecule has 8 nitrogen and oxygen atoms in total. The second kappa shape index (κ2) is 16.3. The SMILES string of the molecule is Cc1cc(C)c(N2BCN(c3c(C)cc(C)cc3C)C(=O)C(C)(C)C2=O)c(C)c1.Cc1cc(C)c(N2BCN(c3c(C)cc(C)cc3C)C(=O)C(C)(C)C2=O)c(C)c1. The molecule has 4 aromatic carbocycles. The van der Waals surface area contributed by atoms with E-state index >= 15 is 0 Å². The van der Waals surface area contributed by atoms with Gasteiger partial charge in [-0.1, -0.05) is 70.8 Å². The van der Waals surface area contributed by atoms with E-state index in [9.17, 15) is 19.2 Å². The van der Waals surface area contributed by atoms with Gasteiger partial charge in [0.2, 0.25) is 23.6 Å². The molecule has 0 bridgehead atoms. The summed E-state index contributed by atoms with van der Waals surface area (Å²) in [7, 11) is 0.955. The van der Waals surface area contributed by atoms with Crippen LogP contribution in [0.25, 0.3) is 0 Å².